The molecule has 30 heavy (non-hydrogen) atoms. The summed E-state index contributed by atoms with van der Waals surface area (Å²) < 4.78 is 18.7. The van der Waals surface area contributed by atoms with Crippen LogP contribution in [0.15, 0.2) is 53.7 Å². The smallest absolute Gasteiger partial charge is 0.237 e. The number of hydrogen-bond donors (Lipinski definition) is 2. The summed E-state index contributed by atoms with van der Waals surface area (Å²) in [7, 11) is 1.61. The minimum atomic E-state index is -0.271. The Morgan fingerprint density at radius 1 is 1.33 bits per heavy atom. The number of imidazole rings is 1. The Labute approximate surface area is 179 Å². The lowest BCUT2D eigenvalue weighted by Gasteiger charge is -2.23. The fourth-order valence-corrected chi connectivity index (χ4v) is 4.98. The first-order valence-corrected chi connectivity index (χ1v) is 10.9. The summed E-state index contributed by atoms with van der Waals surface area (Å²) in [4.78, 5) is 22.9. The number of amides is 1. The number of hydrogen-bond acceptors (Lipinski definition) is 5. The fraction of sp³-hybridized carbons (Fsp3) is 0.364. The minimum Gasteiger partial charge on any atom is -0.383 e. The van der Waals surface area contributed by atoms with E-state index in [4.69, 9.17) is 4.74 Å². The summed E-state index contributed by atoms with van der Waals surface area (Å²) in [6.07, 6.45) is 0.704. The third kappa shape index (κ3) is 5.00. The van der Waals surface area contributed by atoms with E-state index in [9.17, 15) is 9.18 Å². The molecule has 0 unspecified atom stereocenters. The minimum absolute atomic E-state index is 0.0174. The molecule has 3 aromatic rings. The molecule has 0 aliphatic carbocycles. The zero-order valence-corrected chi connectivity index (χ0v) is 17.6. The Kier molecular flexibility index (Phi) is 6.66. The van der Waals surface area contributed by atoms with Gasteiger partial charge < -0.3 is 15.0 Å². The summed E-state index contributed by atoms with van der Waals surface area (Å²) in [5.74, 6) is -0.280. The van der Waals surface area contributed by atoms with Gasteiger partial charge in [-0.1, -0.05) is 36.0 Å². The average Bonchev–Trinajstić information content (AvgIpc) is 3.31. The summed E-state index contributed by atoms with van der Waals surface area (Å²) >= 11 is 1.66. The van der Waals surface area contributed by atoms with E-state index in [0.29, 0.717) is 26.1 Å². The molecular weight excluding hydrogens is 403 g/mol. The second-order valence-corrected chi connectivity index (χ2v) is 8.68. The standard InChI is InChI=1S/C22H25FN4O2S/c1-29-10-9-24-21(28)20-12-17(14-27(20)13-15-5-4-6-16(23)11-15)30-22-25-18-7-2-3-8-19(18)26-22/h2-8,11,17,20H,9-10,12-14H2,1H3,(H,24,28)(H,25,26)/t17-,20+/m1/s1. The molecule has 8 heteroatoms. The molecule has 1 amide bonds. The first-order chi connectivity index (χ1) is 14.6. The van der Waals surface area contributed by atoms with E-state index in [2.05, 4.69) is 20.2 Å². The Balaban J connectivity index is 1.47. The molecule has 0 bridgehead atoms. The van der Waals surface area contributed by atoms with Crippen LogP contribution >= 0.6 is 11.8 Å². The number of carbonyl (C=O) groups excluding carboxylic acids is 1. The molecule has 0 radical (unpaired) electrons. The second-order valence-electron chi connectivity index (χ2n) is 7.39. The lowest BCUT2D eigenvalue weighted by Crippen LogP contribution is -2.43. The highest BCUT2D eigenvalue weighted by Crippen LogP contribution is 2.33. The summed E-state index contributed by atoms with van der Waals surface area (Å²) in [6.45, 7) is 2.19. The molecule has 158 valence electrons. The van der Waals surface area contributed by atoms with Gasteiger partial charge in [-0.3, -0.25) is 9.69 Å². The summed E-state index contributed by atoms with van der Waals surface area (Å²) in [5, 5.41) is 4.01. The van der Waals surface area contributed by atoms with Crippen LogP contribution < -0.4 is 5.32 Å². The zero-order valence-electron chi connectivity index (χ0n) is 16.8. The van der Waals surface area contributed by atoms with Gasteiger partial charge in [0, 0.05) is 32.0 Å². The molecule has 1 aliphatic rings. The predicted octanol–water partition coefficient (Wildman–Crippen LogP) is 3.20. The number of likely N-dealkylation sites (tertiary alicyclic amines) is 1. The molecule has 6 nitrogen and oxygen atoms in total. The largest absolute Gasteiger partial charge is 0.383 e. The lowest BCUT2D eigenvalue weighted by molar-refractivity contribution is -0.125. The number of benzene rings is 2. The van der Waals surface area contributed by atoms with Crippen LogP contribution in [-0.2, 0) is 16.1 Å². The zero-order chi connectivity index (χ0) is 20.9. The van der Waals surface area contributed by atoms with Crippen molar-refractivity contribution in [1.82, 2.24) is 20.2 Å². The van der Waals surface area contributed by atoms with Gasteiger partial charge in [0.25, 0.3) is 0 Å². The number of aromatic amines is 1. The number of nitrogens with one attached hydrogen (secondary N) is 2. The molecule has 1 saturated heterocycles. The first-order valence-electron chi connectivity index (χ1n) is 9.99. The van der Waals surface area contributed by atoms with Crippen LogP contribution in [0.4, 0.5) is 4.39 Å². The number of fused-ring (bicyclic) bond motifs is 1. The molecule has 1 aromatic heterocycles. The third-order valence-corrected chi connectivity index (χ3v) is 6.29. The van der Waals surface area contributed by atoms with Gasteiger partial charge in [0.2, 0.25) is 5.91 Å². The highest BCUT2D eigenvalue weighted by atomic mass is 32.2. The first kappa shape index (κ1) is 20.8. The molecule has 2 atom stereocenters. The fourth-order valence-electron chi connectivity index (χ4n) is 3.80. The van der Waals surface area contributed by atoms with E-state index in [1.165, 1.54) is 12.1 Å². The average molecular weight is 429 g/mol. The van der Waals surface area contributed by atoms with E-state index in [1.807, 2.05) is 30.3 Å². The second kappa shape index (κ2) is 9.59. The summed E-state index contributed by atoms with van der Waals surface area (Å²) in [6, 6.07) is 14.2. The maximum atomic E-state index is 13.6. The van der Waals surface area contributed by atoms with Crippen molar-refractivity contribution in [1.29, 1.82) is 0 Å². The maximum Gasteiger partial charge on any atom is 0.237 e. The highest BCUT2D eigenvalue weighted by molar-refractivity contribution is 7.99. The van der Waals surface area contributed by atoms with Crippen molar-refractivity contribution in [3.8, 4) is 0 Å². The van der Waals surface area contributed by atoms with Crippen molar-refractivity contribution >= 4 is 28.7 Å². The van der Waals surface area contributed by atoms with Crippen molar-refractivity contribution in [2.45, 2.75) is 29.4 Å². The van der Waals surface area contributed by atoms with Crippen LogP contribution in [0.25, 0.3) is 11.0 Å². The molecular formula is C22H25FN4O2S. The van der Waals surface area contributed by atoms with Crippen LogP contribution in [0.5, 0.6) is 0 Å². The van der Waals surface area contributed by atoms with Crippen molar-refractivity contribution in [2.75, 3.05) is 26.8 Å². The van der Waals surface area contributed by atoms with Gasteiger partial charge in [0.15, 0.2) is 5.16 Å². The topological polar surface area (TPSA) is 70.2 Å². The predicted molar refractivity (Wildman–Crippen MR) is 116 cm³/mol. The molecule has 2 heterocycles. The number of ether oxygens (including phenoxy) is 1. The highest BCUT2D eigenvalue weighted by Gasteiger charge is 2.37. The van der Waals surface area contributed by atoms with Crippen LogP contribution in [0.3, 0.4) is 0 Å². The van der Waals surface area contributed by atoms with Gasteiger partial charge in [0.05, 0.1) is 23.7 Å². The SMILES string of the molecule is COCCNC(=O)[C@@H]1C[C@@H](Sc2nc3ccccc3[nH]2)CN1Cc1cccc(F)c1. The number of halogens is 1. The van der Waals surface area contributed by atoms with Crippen LogP contribution in [0.2, 0.25) is 0 Å². The molecule has 1 fully saturated rings. The molecule has 4 rings (SSSR count). The number of rotatable bonds is 8. The monoisotopic (exact) mass is 428 g/mol. The van der Waals surface area contributed by atoms with E-state index < -0.39 is 0 Å². The summed E-state index contributed by atoms with van der Waals surface area (Å²) in [5.41, 5.74) is 2.80. The van der Waals surface area contributed by atoms with Crippen molar-refractivity contribution in [2.24, 2.45) is 0 Å². The Bertz CT molecular complexity index is 978. The molecule has 0 spiro atoms. The maximum absolute atomic E-state index is 13.6. The normalized spacial score (nSPS) is 19.4. The molecule has 2 aromatic carbocycles. The van der Waals surface area contributed by atoms with E-state index >= 15 is 0 Å². The van der Waals surface area contributed by atoms with Crippen LogP contribution in [0, 0.1) is 5.82 Å². The molecule has 1 aliphatic heterocycles. The lowest BCUT2D eigenvalue weighted by atomic mass is 10.1. The number of H-pyrrole nitrogens is 1. The molecule has 2 N–H and O–H groups in total. The van der Waals surface area contributed by atoms with Gasteiger partial charge in [0.1, 0.15) is 5.82 Å². The molecule has 0 saturated carbocycles. The quantitative estimate of drug-likeness (QED) is 0.539. The Morgan fingerprint density at radius 3 is 3.00 bits per heavy atom. The van der Waals surface area contributed by atoms with Crippen molar-refractivity contribution in [3.05, 3.63) is 59.9 Å². The number of aromatic nitrogens is 2. The van der Waals surface area contributed by atoms with Gasteiger partial charge in [-0.2, -0.15) is 0 Å². The van der Waals surface area contributed by atoms with Gasteiger partial charge in [-0.15, -0.1) is 0 Å². The van der Waals surface area contributed by atoms with E-state index in [1.54, 1.807) is 24.9 Å². The van der Waals surface area contributed by atoms with Crippen molar-refractivity contribution < 1.29 is 13.9 Å². The van der Waals surface area contributed by atoms with E-state index in [-0.39, 0.29) is 23.0 Å². The third-order valence-electron chi connectivity index (χ3n) is 5.19. The van der Waals surface area contributed by atoms with Crippen molar-refractivity contribution in [3.63, 3.8) is 0 Å². The van der Waals surface area contributed by atoms with Crippen LogP contribution in [0.1, 0.15) is 12.0 Å². The number of para-hydroxylation sites is 2. The van der Waals surface area contributed by atoms with Gasteiger partial charge in [-0.25, -0.2) is 9.37 Å². The van der Waals surface area contributed by atoms with Gasteiger partial charge in [-0.05, 0) is 36.2 Å². The Hall–Kier alpha value is -2.42. The van der Waals surface area contributed by atoms with E-state index in [0.717, 1.165) is 28.3 Å². The number of nitrogens with zero attached hydrogens (tertiary/aromatic N) is 2. The number of carbonyl (C=O) groups is 1. The van der Waals surface area contributed by atoms with Gasteiger partial charge >= 0.3 is 0 Å². The number of methoxy groups -OCH3 is 1. The van der Waals surface area contributed by atoms with Crippen LogP contribution in [-0.4, -0.2) is 58.9 Å². The Morgan fingerprint density at radius 2 is 2.20 bits per heavy atom. The number of thioether (sulfide) groups is 1.